The molecule has 0 saturated carbocycles. The second-order valence-corrected chi connectivity index (χ2v) is 4.12. The van der Waals surface area contributed by atoms with E-state index in [0.717, 1.165) is 10.5 Å². The number of aromatic nitrogens is 2. The summed E-state index contributed by atoms with van der Waals surface area (Å²) < 4.78 is 0. The van der Waals surface area contributed by atoms with E-state index in [1.165, 1.54) is 17.4 Å². The van der Waals surface area contributed by atoms with Gasteiger partial charge in [0.25, 0.3) is 0 Å². The minimum Gasteiger partial charge on any atom is -0.241 e. The molecule has 0 bridgehead atoms. The Morgan fingerprint density at radius 1 is 1.12 bits per heavy atom. The third-order valence-corrected chi connectivity index (χ3v) is 2.75. The normalized spacial score (nSPS) is 8.88. The number of aryl methyl sites for hydroxylation is 2. The lowest BCUT2D eigenvalue weighted by Gasteiger charge is -1.93. The first-order chi connectivity index (χ1) is 7.70. The number of thiophene rings is 1. The monoisotopic (exact) mass is 238 g/mol. The van der Waals surface area contributed by atoms with Crippen LogP contribution in [0.4, 0.5) is 0 Å². The van der Waals surface area contributed by atoms with Gasteiger partial charge in [-0.25, -0.2) is 9.97 Å². The van der Waals surface area contributed by atoms with Gasteiger partial charge in [-0.05, 0) is 24.8 Å². The van der Waals surface area contributed by atoms with E-state index in [1.54, 1.807) is 17.7 Å². The zero-order valence-corrected chi connectivity index (χ0v) is 12.0. The minimum absolute atomic E-state index is 1.08. The second kappa shape index (κ2) is 8.22. The predicted octanol–water partition coefficient (Wildman–Crippen LogP) is 4.75. The van der Waals surface area contributed by atoms with Crippen LogP contribution in [0.1, 0.15) is 45.4 Å². The molecule has 90 valence electrons. The fraction of sp³-hybridized carbons (Fsp3) is 0.538. The van der Waals surface area contributed by atoms with E-state index < -0.39 is 0 Å². The second-order valence-electron chi connectivity index (χ2n) is 3.27. The molecule has 0 aliphatic rings. The summed E-state index contributed by atoms with van der Waals surface area (Å²) in [5.74, 6) is 0. The zero-order chi connectivity index (χ0) is 12.6. The van der Waals surface area contributed by atoms with Crippen LogP contribution < -0.4 is 0 Å². The van der Waals surface area contributed by atoms with Crippen molar-refractivity contribution < 1.29 is 0 Å². The molecule has 2 aromatic heterocycles. The Morgan fingerprint density at radius 3 is 2.19 bits per heavy atom. The lowest BCUT2D eigenvalue weighted by molar-refractivity contribution is 1.09. The molecule has 0 atom stereocenters. The Labute approximate surface area is 103 Å². The molecular formula is C13H22N2S. The van der Waals surface area contributed by atoms with Gasteiger partial charge < -0.3 is 0 Å². The average Bonchev–Trinajstić information content (AvgIpc) is 2.66. The number of hydrogen-bond acceptors (Lipinski definition) is 3. The summed E-state index contributed by atoms with van der Waals surface area (Å²) in [6, 6.07) is 0. The number of rotatable bonds is 0. The fourth-order valence-corrected chi connectivity index (χ4v) is 2.14. The van der Waals surface area contributed by atoms with E-state index in [1.807, 2.05) is 20.8 Å². The molecule has 2 nitrogen and oxygen atoms in total. The molecule has 0 aliphatic carbocycles. The van der Waals surface area contributed by atoms with Gasteiger partial charge in [-0.3, -0.25) is 0 Å². The molecule has 2 rings (SSSR count). The first kappa shape index (κ1) is 15.0. The van der Waals surface area contributed by atoms with Gasteiger partial charge in [0, 0.05) is 11.1 Å². The molecule has 0 saturated heterocycles. The Kier molecular flexibility index (Phi) is 7.73. The fourth-order valence-electron chi connectivity index (χ4n) is 1.20. The third kappa shape index (κ3) is 3.89. The van der Waals surface area contributed by atoms with Gasteiger partial charge in [-0.2, -0.15) is 0 Å². The van der Waals surface area contributed by atoms with Crippen molar-refractivity contribution in [2.24, 2.45) is 0 Å². The van der Waals surface area contributed by atoms with Crippen LogP contribution in [-0.2, 0) is 0 Å². The molecule has 2 heterocycles. The van der Waals surface area contributed by atoms with Gasteiger partial charge in [-0.1, -0.05) is 34.1 Å². The topological polar surface area (TPSA) is 25.8 Å². The molecule has 16 heavy (non-hydrogen) atoms. The highest BCUT2D eigenvalue weighted by molar-refractivity contribution is 7.16. The van der Waals surface area contributed by atoms with Crippen molar-refractivity contribution in [2.75, 3.05) is 0 Å². The Hall–Kier alpha value is -0.960. The Balaban J connectivity index is 0.000000394. The molecular weight excluding hydrogens is 216 g/mol. The molecule has 0 aliphatic heterocycles. The van der Waals surface area contributed by atoms with Crippen LogP contribution in [0.25, 0.3) is 10.2 Å². The van der Waals surface area contributed by atoms with Crippen molar-refractivity contribution in [3.05, 3.63) is 23.0 Å². The van der Waals surface area contributed by atoms with E-state index in [4.69, 9.17) is 0 Å². The number of fused-ring (bicyclic) bond motifs is 1. The molecule has 0 amide bonds. The smallest absolute Gasteiger partial charge is 0.127 e. The van der Waals surface area contributed by atoms with Gasteiger partial charge in [0.2, 0.25) is 0 Å². The standard InChI is InChI=1S/C8H8N2S.C3H8.C2H6/c1-5-3-11-8-7(5)6(2)9-4-10-8;1-3-2;1-2/h3-4H,1-2H3;3H2,1-2H3;1-2H3. The molecule has 0 unspecified atom stereocenters. The van der Waals surface area contributed by atoms with Crippen LogP contribution >= 0.6 is 11.3 Å². The summed E-state index contributed by atoms with van der Waals surface area (Å²) in [4.78, 5) is 9.40. The van der Waals surface area contributed by atoms with Crippen LogP contribution in [0.15, 0.2) is 11.7 Å². The molecule has 3 heteroatoms. The van der Waals surface area contributed by atoms with E-state index in [9.17, 15) is 0 Å². The van der Waals surface area contributed by atoms with Gasteiger partial charge >= 0.3 is 0 Å². The lowest BCUT2D eigenvalue weighted by Crippen LogP contribution is -1.83. The number of nitrogens with zero attached hydrogens (tertiary/aromatic N) is 2. The summed E-state index contributed by atoms with van der Waals surface area (Å²) in [6.07, 6.45) is 2.87. The predicted molar refractivity (Wildman–Crippen MR) is 74.2 cm³/mol. The van der Waals surface area contributed by atoms with Crippen molar-refractivity contribution in [1.82, 2.24) is 9.97 Å². The van der Waals surface area contributed by atoms with Gasteiger partial charge in [0.15, 0.2) is 0 Å². The first-order valence-electron chi connectivity index (χ1n) is 5.86. The summed E-state index contributed by atoms with van der Waals surface area (Å²) in [5, 5.41) is 3.34. The zero-order valence-electron chi connectivity index (χ0n) is 11.2. The van der Waals surface area contributed by atoms with Crippen molar-refractivity contribution in [3.8, 4) is 0 Å². The highest BCUT2D eigenvalue weighted by Gasteiger charge is 2.03. The van der Waals surface area contributed by atoms with Crippen molar-refractivity contribution in [3.63, 3.8) is 0 Å². The van der Waals surface area contributed by atoms with Crippen molar-refractivity contribution >= 4 is 21.6 Å². The Bertz CT molecular complexity index is 407. The maximum Gasteiger partial charge on any atom is 0.127 e. The SMILES string of the molecule is CC.CCC.Cc1csc2ncnc(C)c12. The molecule has 0 fully saturated rings. The molecule has 0 spiro atoms. The van der Waals surface area contributed by atoms with Crippen LogP contribution in [0.3, 0.4) is 0 Å². The third-order valence-electron chi connectivity index (χ3n) is 1.74. The molecule has 0 radical (unpaired) electrons. The van der Waals surface area contributed by atoms with Crippen LogP contribution in [-0.4, -0.2) is 9.97 Å². The highest BCUT2D eigenvalue weighted by atomic mass is 32.1. The quantitative estimate of drug-likeness (QED) is 0.662. The van der Waals surface area contributed by atoms with Gasteiger partial charge in [0.1, 0.15) is 11.2 Å². The summed E-state index contributed by atoms with van der Waals surface area (Å²) in [5.41, 5.74) is 2.36. The maximum absolute atomic E-state index is 4.17. The van der Waals surface area contributed by atoms with Gasteiger partial charge in [0.05, 0.1) is 0 Å². The molecule has 0 aromatic carbocycles. The lowest BCUT2D eigenvalue weighted by atomic mass is 10.2. The molecule has 0 N–H and O–H groups in total. The van der Waals surface area contributed by atoms with Crippen molar-refractivity contribution in [1.29, 1.82) is 0 Å². The van der Waals surface area contributed by atoms with Crippen molar-refractivity contribution in [2.45, 2.75) is 48.0 Å². The number of hydrogen-bond donors (Lipinski definition) is 0. The van der Waals surface area contributed by atoms with E-state index in [-0.39, 0.29) is 0 Å². The first-order valence-corrected chi connectivity index (χ1v) is 6.74. The van der Waals surface area contributed by atoms with Crippen LogP contribution in [0.5, 0.6) is 0 Å². The van der Waals surface area contributed by atoms with Crippen LogP contribution in [0, 0.1) is 13.8 Å². The summed E-state index contributed by atoms with van der Waals surface area (Å²) in [6.45, 7) is 12.4. The summed E-state index contributed by atoms with van der Waals surface area (Å²) in [7, 11) is 0. The largest absolute Gasteiger partial charge is 0.241 e. The summed E-state index contributed by atoms with van der Waals surface area (Å²) >= 11 is 1.68. The van der Waals surface area contributed by atoms with Crippen LogP contribution in [0.2, 0.25) is 0 Å². The minimum atomic E-state index is 1.08. The highest BCUT2D eigenvalue weighted by Crippen LogP contribution is 2.24. The average molecular weight is 238 g/mol. The molecule has 2 aromatic rings. The van der Waals surface area contributed by atoms with Gasteiger partial charge in [-0.15, -0.1) is 11.3 Å². The maximum atomic E-state index is 4.17. The van der Waals surface area contributed by atoms with E-state index >= 15 is 0 Å². The Morgan fingerprint density at radius 2 is 1.69 bits per heavy atom. The van der Waals surface area contributed by atoms with E-state index in [0.29, 0.717) is 0 Å². The van der Waals surface area contributed by atoms with E-state index in [2.05, 4.69) is 36.1 Å².